The van der Waals surface area contributed by atoms with Crippen LogP contribution in [0.25, 0.3) is 0 Å². The topological polar surface area (TPSA) is 145 Å². The van der Waals surface area contributed by atoms with E-state index >= 15 is 0 Å². The Kier molecular flexibility index (Phi) is 7.40. The Bertz CT molecular complexity index is 1350. The second kappa shape index (κ2) is 10.6. The number of hydrogen-bond acceptors (Lipinski definition) is 10. The number of nitrogens with zero attached hydrogens (tertiary/aromatic N) is 7. The maximum absolute atomic E-state index is 13.3. The van der Waals surface area contributed by atoms with Crippen LogP contribution < -0.4 is 4.90 Å². The Hall–Kier alpha value is -3.07. The summed E-state index contributed by atoms with van der Waals surface area (Å²) in [5.74, 6) is -2.34. The lowest BCUT2D eigenvalue weighted by molar-refractivity contribution is -0.142. The first-order valence-corrected chi connectivity index (χ1v) is 14.1. The van der Waals surface area contributed by atoms with Crippen molar-refractivity contribution in [2.45, 2.75) is 38.0 Å². The number of urea groups is 1. The minimum absolute atomic E-state index is 0.163. The lowest BCUT2D eigenvalue weighted by Crippen LogP contribution is -2.48. The molecule has 3 aromatic rings. The molecule has 38 heavy (non-hydrogen) atoms. The number of likely N-dealkylation sites (tertiary alicyclic amines) is 2. The Labute approximate surface area is 231 Å². The number of hydrogen-bond donors (Lipinski definition) is 2. The van der Waals surface area contributed by atoms with Gasteiger partial charge in [0, 0.05) is 36.9 Å². The molecular weight excluding hydrogens is 554 g/mol. The first-order chi connectivity index (χ1) is 18.1. The Morgan fingerprint density at radius 1 is 1.26 bits per heavy atom. The van der Waals surface area contributed by atoms with Gasteiger partial charge in [-0.05, 0) is 24.5 Å². The number of rotatable bonds is 6. The van der Waals surface area contributed by atoms with Crippen LogP contribution in [-0.2, 0) is 11.3 Å². The van der Waals surface area contributed by atoms with Crippen LogP contribution in [0.3, 0.4) is 0 Å². The molecule has 0 radical (unpaired) electrons. The van der Waals surface area contributed by atoms with Crippen molar-refractivity contribution >= 4 is 58.1 Å². The van der Waals surface area contributed by atoms with E-state index in [0.717, 1.165) is 9.56 Å². The quantitative estimate of drug-likeness (QED) is 0.449. The molecule has 4 unspecified atom stereocenters. The largest absolute Gasteiger partial charge is 0.480 e. The van der Waals surface area contributed by atoms with Gasteiger partial charge in [-0.1, -0.05) is 18.5 Å². The van der Waals surface area contributed by atoms with Gasteiger partial charge < -0.3 is 24.9 Å². The molecule has 2 saturated heterocycles. The SMILES string of the molecule is CC1CN(C(=O)N2CCC(O)C2)C(C(=O)O)C1c1nc(N(C)Cc2ccc(Cl)s2)n(C(=O)c2cscn2)n1. The number of aliphatic hydroxyl groups is 1. The maximum Gasteiger partial charge on any atom is 0.327 e. The summed E-state index contributed by atoms with van der Waals surface area (Å²) in [4.78, 5) is 53.3. The van der Waals surface area contributed by atoms with Crippen molar-refractivity contribution in [1.29, 1.82) is 0 Å². The summed E-state index contributed by atoms with van der Waals surface area (Å²) in [5.41, 5.74) is 1.74. The van der Waals surface area contributed by atoms with Crippen molar-refractivity contribution in [3.63, 3.8) is 0 Å². The molecule has 15 heteroatoms. The van der Waals surface area contributed by atoms with Crippen LogP contribution in [0.2, 0.25) is 4.34 Å². The molecule has 2 fully saturated rings. The van der Waals surface area contributed by atoms with Gasteiger partial charge in [0.2, 0.25) is 5.95 Å². The summed E-state index contributed by atoms with van der Waals surface area (Å²) in [5, 5.41) is 26.2. The zero-order chi connectivity index (χ0) is 27.1. The third kappa shape index (κ3) is 5.00. The van der Waals surface area contributed by atoms with Gasteiger partial charge in [-0.25, -0.2) is 14.6 Å². The number of carboxylic acids is 1. The second-order valence-corrected chi connectivity index (χ2v) is 12.1. The van der Waals surface area contributed by atoms with E-state index in [1.807, 2.05) is 13.0 Å². The van der Waals surface area contributed by atoms with E-state index in [4.69, 9.17) is 11.6 Å². The molecule has 2 amide bonds. The predicted molar refractivity (Wildman–Crippen MR) is 141 cm³/mol. The second-order valence-electron chi connectivity index (χ2n) is 9.53. The summed E-state index contributed by atoms with van der Waals surface area (Å²) >= 11 is 8.76. The molecule has 0 aromatic carbocycles. The van der Waals surface area contributed by atoms with Crippen LogP contribution in [-0.4, -0.2) is 96.5 Å². The number of thiazole rings is 1. The maximum atomic E-state index is 13.3. The van der Waals surface area contributed by atoms with Gasteiger partial charge in [0.15, 0.2) is 5.82 Å². The molecule has 0 spiro atoms. The Balaban J connectivity index is 1.50. The molecular formula is C23H26ClN7O5S2. The van der Waals surface area contributed by atoms with Gasteiger partial charge in [-0.3, -0.25) is 4.79 Å². The summed E-state index contributed by atoms with van der Waals surface area (Å²) in [6, 6.07) is 2.00. The molecule has 3 aromatic heterocycles. The van der Waals surface area contributed by atoms with Crippen LogP contribution in [0.15, 0.2) is 23.0 Å². The van der Waals surface area contributed by atoms with E-state index in [-0.39, 0.29) is 36.5 Å². The average Bonchev–Trinajstić information content (AvgIpc) is 3.68. The lowest BCUT2D eigenvalue weighted by atomic mass is 9.91. The van der Waals surface area contributed by atoms with Gasteiger partial charge in [0.1, 0.15) is 11.7 Å². The third-order valence-electron chi connectivity index (χ3n) is 6.82. The number of anilines is 1. The molecule has 5 heterocycles. The number of aromatic nitrogens is 4. The van der Waals surface area contributed by atoms with Crippen molar-refractivity contribution in [2.75, 3.05) is 31.6 Å². The lowest BCUT2D eigenvalue weighted by Gasteiger charge is -2.28. The van der Waals surface area contributed by atoms with Gasteiger partial charge in [0.25, 0.3) is 0 Å². The minimum atomic E-state index is -1.23. The zero-order valence-corrected chi connectivity index (χ0v) is 23.0. The molecule has 2 aliphatic rings. The van der Waals surface area contributed by atoms with Crippen molar-refractivity contribution in [1.82, 2.24) is 29.5 Å². The van der Waals surface area contributed by atoms with E-state index in [0.29, 0.717) is 23.8 Å². The van der Waals surface area contributed by atoms with Crippen LogP contribution in [0.5, 0.6) is 0 Å². The fraction of sp³-hybridized carbons (Fsp3) is 0.478. The van der Waals surface area contributed by atoms with Gasteiger partial charge in [-0.15, -0.1) is 27.8 Å². The highest BCUT2D eigenvalue weighted by Gasteiger charge is 2.50. The predicted octanol–water partition coefficient (Wildman–Crippen LogP) is 2.45. The number of carbonyl (C=O) groups is 3. The molecule has 0 saturated carbocycles. The number of thiophene rings is 1. The van der Waals surface area contributed by atoms with E-state index in [1.54, 1.807) is 28.9 Å². The minimum Gasteiger partial charge on any atom is -0.480 e. The first kappa shape index (κ1) is 26.5. The van der Waals surface area contributed by atoms with Crippen LogP contribution in [0.1, 0.15) is 40.5 Å². The van der Waals surface area contributed by atoms with Crippen molar-refractivity contribution < 1.29 is 24.6 Å². The summed E-state index contributed by atoms with van der Waals surface area (Å²) < 4.78 is 1.78. The third-order valence-corrected chi connectivity index (χ3v) is 8.62. The fourth-order valence-electron chi connectivity index (χ4n) is 5.03. The van der Waals surface area contributed by atoms with E-state index in [9.17, 15) is 24.6 Å². The molecule has 2 aliphatic heterocycles. The summed E-state index contributed by atoms with van der Waals surface area (Å²) in [7, 11) is 1.76. The highest BCUT2D eigenvalue weighted by Crippen LogP contribution is 2.38. The molecule has 4 atom stereocenters. The molecule has 5 rings (SSSR count). The van der Waals surface area contributed by atoms with E-state index < -0.39 is 36.0 Å². The van der Waals surface area contributed by atoms with Crippen molar-refractivity contribution in [3.05, 3.63) is 43.8 Å². The number of amides is 2. The molecule has 0 aliphatic carbocycles. The summed E-state index contributed by atoms with van der Waals surface area (Å²) in [6.45, 7) is 2.94. The van der Waals surface area contributed by atoms with Gasteiger partial charge in [0.05, 0.1) is 28.4 Å². The highest BCUT2D eigenvalue weighted by molar-refractivity contribution is 7.16. The van der Waals surface area contributed by atoms with Crippen LogP contribution in [0.4, 0.5) is 10.7 Å². The standard InChI is InChI=1S/C23H26ClN7O5S2/c1-12-7-30(23(36)29-6-5-13(32)8-29)18(21(34)35)17(12)19-26-22(28(2)9-14-3-4-16(24)38-14)31(27-19)20(33)15-10-37-11-25-15/h3-4,10-13,17-18,32H,5-9H2,1-2H3,(H,34,35). The monoisotopic (exact) mass is 579 g/mol. The fourth-order valence-corrected chi connectivity index (χ4v) is 6.70. The molecule has 12 nitrogen and oxygen atoms in total. The summed E-state index contributed by atoms with van der Waals surface area (Å²) in [6.07, 6.45) is -0.171. The number of aliphatic hydroxyl groups excluding tert-OH is 1. The Morgan fingerprint density at radius 3 is 2.66 bits per heavy atom. The van der Waals surface area contributed by atoms with Gasteiger partial charge >= 0.3 is 17.9 Å². The average molecular weight is 580 g/mol. The molecule has 202 valence electrons. The van der Waals surface area contributed by atoms with Crippen LogP contribution >= 0.6 is 34.3 Å². The number of β-amino-alcohol motifs (C(OH)–C–C–N with tert-alkyl or cyclic N) is 1. The smallest absolute Gasteiger partial charge is 0.327 e. The number of carbonyl (C=O) groups excluding carboxylic acids is 2. The number of halogens is 1. The zero-order valence-electron chi connectivity index (χ0n) is 20.6. The number of aliphatic carboxylic acids is 1. The molecule has 0 bridgehead atoms. The normalized spacial score (nSPS) is 23.3. The number of carboxylic acid groups (broad SMARTS) is 1. The molecule has 2 N–H and O–H groups in total. The van der Waals surface area contributed by atoms with Crippen LogP contribution in [0, 0.1) is 5.92 Å². The highest BCUT2D eigenvalue weighted by atomic mass is 35.5. The van der Waals surface area contributed by atoms with E-state index in [2.05, 4.69) is 15.1 Å². The van der Waals surface area contributed by atoms with Crippen molar-refractivity contribution in [3.8, 4) is 0 Å². The Morgan fingerprint density at radius 2 is 2.05 bits per heavy atom. The van der Waals surface area contributed by atoms with Crippen molar-refractivity contribution in [2.24, 2.45) is 5.92 Å². The first-order valence-electron chi connectivity index (χ1n) is 12.0. The van der Waals surface area contributed by atoms with E-state index in [1.165, 1.54) is 32.5 Å². The van der Waals surface area contributed by atoms with Gasteiger partial charge in [-0.2, -0.15) is 9.67 Å².